The number of amides is 1. The molecule has 4 nitrogen and oxygen atoms in total. The highest BCUT2D eigenvalue weighted by molar-refractivity contribution is 5.81. The van der Waals surface area contributed by atoms with Gasteiger partial charge in [-0.2, -0.15) is 0 Å². The van der Waals surface area contributed by atoms with E-state index >= 15 is 0 Å². The van der Waals surface area contributed by atoms with Gasteiger partial charge in [0.1, 0.15) is 0 Å². The summed E-state index contributed by atoms with van der Waals surface area (Å²) >= 11 is 0. The normalized spacial score (nSPS) is 12.2. The Hall–Kier alpha value is -1.39. The Kier molecular flexibility index (Phi) is 6.39. The number of carbonyl (C=O) groups is 1. The molecule has 0 aromatic heterocycles. The van der Waals surface area contributed by atoms with E-state index in [-0.39, 0.29) is 5.91 Å². The van der Waals surface area contributed by atoms with Gasteiger partial charge in [-0.1, -0.05) is 37.6 Å². The molecule has 1 aromatic rings. The molecule has 0 fully saturated rings. The maximum Gasteiger partial charge on any atom is 0.237 e. The van der Waals surface area contributed by atoms with Gasteiger partial charge in [0.25, 0.3) is 0 Å². The number of benzene rings is 1. The molecule has 1 amide bonds. The topological polar surface area (TPSA) is 64.4 Å². The number of ether oxygens (including phenoxy) is 1. The van der Waals surface area contributed by atoms with Crippen molar-refractivity contribution >= 4 is 5.91 Å². The van der Waals surface area contributed by atoms with Crippen molar-refractivity contribution in [2.24, 2.45) is 5.73 Å². The van der Waals surface area contributed by atoms with Crippen LogP contribution in [-0.2, 0) is 22.7 Å². The average molecular weight is 250 g/mol. The Labute approximate surface area is 109 Å². The molecule has 0 spiro atoms. The van der Waals surface area contributed by atoms with E-state index in [0.29, 0.717) is 13.2 Å². The zero-order valence-electron chi connectivity index (χ0n) is 11.1. The van der Waals surface area contributed by atoms with E-state index in [1.54, 1.807) is 7.11 Å². The summed E-state index contributed by atoms with van der Waals surface area (Å²) in [7, 11) is 1.67. The highest BCUT2D eigenvalue weighted by Gasteiger charge is 2.11. The molecule has 1 unspecified atom stereocenters. The number of carbonyl (C=O) groups excluding carboxylic acids is 1. The number of nitrogens with one attached hydrogen (secondary N) is 1. The van der Waals surface area contributed by atoms with Crippen LogP contribution in [0.25, 0.3) is 0 Å². The van der Waals surface area contributed by atoms with Gasteiger partial charge in [0.15, 0.2) is 0 Å². The van der Waals surface area contributed by atoms with E-state index in [9.17, 15) is 4.79 Å². The van der Waals surface area contributed by atoms with Gasteiger partial charge in [0.05, 0.1) is 12.6 Å². The minimum Gasteiger partial charge on any atom is -0.380 e. The summed E-state index contributed by atoms with van der Waals surface area (Å²) in [5, 5.41) is 2.84. The maximum absolute atomic E-state index is 11.6. The molecule has 0 saturated heterocycles. The second-order valence-electron chi connectivity index (χ2n) is 4.36. The highest BCUT2D eigenvalue weighted by Crippen LogP contribution is 2.05. The molecule has 100 valence electrons. The molecule has 3 N–H and O–H groups in total. The molecule has 0 heterocycles. The third-order valence-corrected chi connectivity index (χ3v) is 2.74. The number of hydrogen-bond donors (Lipinski definition) is 2. The Morgan fingerprint density at radius 1 is 1.33 bits per heavy atom. The molecule has 0 aliphatic rings. The van der Waals surface area contributed by atoms with Crippen molar-refractivity contribution in [3.63, 3.8) is 0 Å². The minimum atomic E-state index is -0.400. The van der Waals surface area contributed by atoms with Gasteiger partial charge in [0, 0.05) is 13.7 Å². The predicted octanol–water partition coefficient (Wildman–Crippen LogP) is 1.58. The summed E-state index contributed by atoms with van der Waals surface area (Å²) in [5.41, 5.74) is 7.91. The Bertz CT molecular complexity index is 363. The van der Waals surface area contributed by atoms with Crippen molar-refractivity contribution in [3.8, 4) is 0 Å². The lowest BCUT2D eigenvalue weighted by Gasteiger charge is -2.11. The molecule has 1 aromatic carbocycles. The fraction of sp³-hybridized carbons (Fsp3) is 0.500. The van der Waals surface area contributed by atoms with Gasteiger partial charge in [-0.3, -0.25) is 4.79 Å². The molecule has 18 heavy (non-hydrogen) atoms. The zero-order chi connectivity index (χ0) is 13.4. The van der Waals surface area contributed by atoms with Crippen molar-refractivity contribution < 1.29 is 9.53 Å². The van der Waals surface area contributed by atoms with Gasteiger partial charge in [-0.15, -0.1) is 0 Å². The van der Waals surface area contributed by atoms with Crippen LogP contribution in [0.1, 0.15) is 30.9 Å². The maximum atomic E-state index is 11.6. The monoisotopic (exact) mass is 250 g/mol. The first kappa shape index (κ1) is 14.7. The van der Waals surface area contributed by atoms with Gasteiger partial charge in [-0.05, 0) is 17.5 Å². The smallest absolute Gasteiger partial charge is 0.237 e. The van der Waals surface area contributed by atoms with Crippen LogP contribution < -0.4 is 11.1 Å². The predicted molar refractivity (Wildman–Crippen MR) is 71.9 cm³/mol. The summed E-state index contributed by atoms with van der Waals surface area (Å²) in [4.78, 5) is 11.6. The molecule has 0 bridgehead atoms. The average Bonchev–Trinajstić information content (AvgIpc) is 2.38. The Balaban J connectivity index is 2.41. The third kappa shape index (κ3) is 4.85. The number of rotatable bonds is 7. The van der Waals surface area contributed by atoms with Crippen LogP contribution in [0.3, 0.4) is 0 Å². The zero-order valence-corrected chi connectivity index (χ0v) is 11.1. The number of hydrogen-bond acceptors (Lipinski definition) is 3. The molecule has 4 heteroatoms. The molecule has 1 atom stereocenters. The number of nitrogens with two attached hydrogens (primary N) is 1. The fourth-order valence-electron chi connectivity index (χ4n) is 1.68. The lowest BCUT2D eigenvalue weighted by Crippen LogP contribution is -2.40. The van der Waals surface area contributed by atoms with Crippen LogP contribution in [0.5, 0.6) is 0 Å². The molecular weight excluding hydrogens is 228 g/mol. The summed E-state index contributed by atoms with van der Waals surface area (Å²) in [6.45, 7) is 3.14. The van der Waals surface area contributed by atoms with Crippen LogP contribution in [0.4, 0.5) is 0 Å². The van der Waals surface area contributed by atoms with E-state index in [0.717, 1.165) is 24.0 Å². The first-order valence-corrected chi connectivity index (χ1v) is 6.27. The van der Waals surface area contributed by atoms with Crippen LogP contribution in [-0.4, -0.2) is 19.1 Å². The van der Waals surface area contributed by atoms with Crippen molar-refractivity contribution in [1.29, 1.82) is 0 Å². The van der Waals surface area contributed by atoms with Crippen molar-refractivity contribution in [1.82, 2.24) is 5.32 Å². The molecule has 0 radical (unpaired) electrons. The highest BCUT2D eigenvalue weighted by atomic mass is 16.5. The standard InChI is InChI=1S/C14H22N2O2/c1-3-4-13(15)14(17)16-9-11-5-7-12(8-6-11)10-18-2/h5-8,13H,3-4,9-10,15H2,1-2H3,(H,16,17). The Morgan fingerprint density at radius 2 is 1.94 bits per heavy atom. The van der Waals surface area contributed by atoms with Gasteiger partial charge in [-0.25, -0.2) is 0 Å². The van der Waals surface area contributed by atoms with E-state index in [1.165, 1.54) is 0 Å². The first-order valence-electron chi connectivity index (χ1n) is 6.27. The molecular formula is C14H22N2O2. The minimum absolute atomic E-state index is 0.0854. The number of methoxy groups -OCH3 is 1. The van der Waals surface area contributed by atoms with Crippen LogP contribution in [0.15, 0.2) is 24.3 Å². The lowest BCUT2D eigenvalue weighted by molar-refractivity contribution is -0.122. The molecule has 0 aliphatic carbocycles. The molecule has 0 saturated carbocycles. The van der Waals surface area contributed by atoms with Crippen molar-refractivity contribution in [3.05, 3.63) is 35.4 Å². The van der Waals surface area contributed by atoms with Gasteiger partial charge in [0.2, 0.25) is 5.91 Å². The van der Waals surface area contributed by atoms with E-state index in [1.807, 2.05) is 31.2 Å². The van der Waals surface area contributed by atoms with Gasteiger partial charge >= 0.3 is 0 Å². The van der Waals surface area contributed by atoms with E-state index in [2.05, 4.69) is 5.32 Å². The van der Waals surface area contributed by atoms with Crippen LogP contribution >= 0.6 is 0 Å². The van der Waals surface area contributed by atoms with Crippen LogP contribution in [0, 0.1) is 0 Å². The second kappa shape index (κ2) is 7.84. The quantitative estimate of drug-likeness (QED) is 0.772. The summed E-state index contributed by atoms with van der Waals surface area (Å²) in [6, 6.07) is 7.57. The second-order valence-corrected chi connectivity index (χ2v) is 4.36. The van der Waals surface area contributed by atoms with Crippen molar-refractivity contribution in [2.45, 2.75) is 39.0 Å². The summed E-state index contributed by atoms with van der Waals surface area (Å²) in [5.74, 6) is -0.0854. The SMILES string of the molecule is CCCC(N)C(=O)NCc1ccc(COC)cc1. The third-order valence-electron chi connectivity index (χ3n) is 2.74. The van der Waals surface area contributed by atoms with E-state index < -0.39 is 6.04 Å². The lowest BCUT2D eigenvalue weighted by atomic mass is 10.1. The van der Waals surface area contributed by atoms with Crippen molar-refractivity contribution in [2.75, 3.05) is 7.11 Å². The largest absolute Gasteiger partial charge is 0.380 e. The Morgan fingerprint density at radius 3 is 2.50 bits per heavy atom. The van der Waals surface area contributed by atoms with Gasteiger partial charge < -0.3 is 15.8 Å². The fourth-order valence-corrected chi connectivity index (χ4v) is 1.68. The summed E-state index contributed by atoms with van der Waals surface area (Å²) < 4.78 is 5.04. The van der Waals surface area contributed by atoms with Crippen LogP contribution in [0.2, 0.25) is 0 Å². The first-order chi connectivity index (χ1) is 8.67. The molecule has 1 rings (SSSR count). The summed E-state index contributed by atoms with van der Waals surface area (Å²) in [6.07, 6.45) is 1.64. The molecule has 0 aliphatic heterocycles. The van der Waals surface area contributed by atoms with E-state index in [4.69, 9.17) is 10.5 Å².